The number of primary sulfonamides is 1. The lowest BCUT2D eigenvalue weighted by Crippen LogP contribution is -2.20. The van der Waals surface area contributed by atoms with Crippen molar-refractivity contribution in [2.75, 3.05) is 7.11 Å². The van der Waals surface area contributed by atoms with Crippen LogP contribution in [0.15, 0.2) is 11.0 Å². The molecule has 1 rings (SSSR count). The molecule has 0 aliphatic heterocycles. The zero-order valence-electron chi connectivity index (χ0n) is 9.28. The first-order valence-electron chi connectivity index (χ1n) is 4.39. The van der Waals surface area contributed by atoms with Gasteiger partial charge in [-0.2, -0.15) is 0 Å². The number of hydrogen-bond acceptors (Lipinski definition) is 5. The van der Waals surface area contributed by atoms with Crippen molar-refractivity contribution in [3.05, 3.63) is 11.8 Å². The molecule has 1 heterocycles. The third-order valence-corrected chi connectivity index (χ3v) is 2.88. The molecule has 6 nitrogen and oxygen atoms in total. The third kappa shape index (κ3) is 3.47. The lowest BCUT2D eigenvalue weighted by molar-refractivity contribution is -0.276. The molecule has 18 heavy (non-hydrogen) atoms. The van der Waals surface area contributed by atoms with Crippen LogP contribution in [0, 0.1) is 6.92 Å². The molecule has 0 aromatic carbocycles. The molecule has 0 unspecified atom stereocenters. The average Bonchev–Trinajstić information content (AvgIpc) is 2.11. The normalized spacial score (nSPS) is 12.3. The molecule has 0 atom stereocenters. The van der Waals surface area contributed by atoms with Crippen molar-refractivity contribution in [2.45, 2.75) is 18.2 Å². The van der Waals surface area contributed by atoms with E-state index in [1.807, 2.05) is 0 Å². The topological polar surface area (TPSA) is 91.5 Å². The summed E-state index contributed by atoms with van der Waals surface area (Å²) < 4.78 is 66.7. The second kappa shape index (κ2) is 4.61. The number of nitrogens with zero attached hydrogens (tertiary/aromatic N) is 1. The highest BCUT2D eigenvalue weighted by Gasteiger charge is 2.33. The van der Waals surface area contributed by atoms with Crippen LogP contribution in [0.25, 0.3) is 0 Å². The Morgan fingerprint density at radius 1 is 1.39 bits per heavy atom. The number of halogens is 3. The maximum absolute atomic E-state index is 12.0. The Morgan fingerprint density at radius 2 is 1.94 bits per heavy atom. The first kappa shape index (κ1) is 14.5. The van der Waals surface area contributed by atoms with E-state index in [0.717, 1.165) is 7.11 Å². The minimum Gasteiger partial charge on any atom is -0.495 e. The zero-order chi connectivity index (χ0) is 14.1. The fourth-order valence-corrected chi connectivity index (χ4v) is 2.15. The number of alkyl halides is 3. The first-order valence-corrected chi connectivity index (χ1v) is 5.93. The average molecular weight is 286 g/mol. The molecule has 10 heteroatoms. The van der Waals surface area contributed by atoms with Gasteiger partial charge in [0.1, 0.15) is 10.6 Å². The van der Waals surface area contributed by atoms with Gasteiger partial charge in [-0.15, -0.1) is 13.2 Å². The predicted molar refractivity (Wildman–Crippen MR) is 53.6 cm³/mol. The minimum absolute atomic E-state index is 0.254. The lowest BCUT2D eigenvalue weighted by Gasteiger charge is -2.13. The largest absolute Gasteiger partial charge is 0.574 e. The predicted octanol–water partition coefficient (Wildman–Crippen LogP) is 0.945. The molecule has 1 aromatic heterocycles. The summed E-state index contributed by atoms with van der Waals surface area (Å²) in [6, 6.07) is 0.695. The van der Waals surface area contributed by atoms with Crippen molar-refractivity contribution in [1.29, 1.82) is 0 Å². The van der Waals surface area contributed by atoms with Crippen molar-refractivity contribution >= 4 is 10.0 Å². The monoisotopic (exact) mass is 286 g/mol. The molecule has 0 bridgehead atoms. The number of nitrogens with two attached hydrogens (primary N) is 1. The number of methoxy groups -OCH3 is 1. The van der Waals surface area contributed by atoms with Gasteiger partial charge >= 0.3 is 6.36 Å². The number of ether oxygens (including phenoxy) is 2. The number of pyridine rings is 1. The summed E-state index contributed by atoms with van der Waals surface area (Å²) in [5, 5.41) is 4.90. The number of hydrogen-bond donors (Lipinski definition) is 1. The van der Waals surface area contributed by atoms with Gasteiger partial charge in [-0.25, -0.2) is 18.5 Å². The van der Waals surface area contributed by atoms with E-state index in [9.17, 15) is 21.6 Å². The fourth-order valence-electron chi connectivity index (χ4n) is 1.27. The summed E-state index contributed by atoms with van der Waals surface area (Å²) in [4.78, 5) is 2.87. The van der Waals surface area contributed by atoms with Gasteiger partial charge in [0.15, 0.2) is 0 Å². The SMILES string of the molecule is COc1cc(OC(F)(F)F)nc(C)c1S(N)(=O)=O. The summed E-state index contributed by atoms with van der Waals surface area (Å²) in [6.45, 7) is 1.17. The van der Waals surface area contributed by atoms with E-state index in [1.165, 1.54) is 6.92 Å². The van der Waals surface area contributed by atoms with Crippen LogP contribution in [0.5, 0.6) is 11.6 Å². The van der Waals surface area contributed by atoms with Crippen LogP contribution >= 0.6 is 0 Å². The van der Waals surface area contributed by atoms with Gasteiger partial charge in [0.2, 0.25) is 15.9 Å². The first-order chi connectivity index (χ1) is 8.04. The number of rotatable bonds is 3. The Balaban J connectivity index is 3.37. The van der Waals surface area contributed by atoms with E-state index in [0.29, 0.717) is 6.07 Å². The second-order valence-electron chi connectivity index (χ2n) is 3.17. The Bertz CT molecular complexity index is 556. The molecule has 0 amide bonds. The van der Waals surface area contributed by atoms with Gasteiger partial charge in [0.25, 0.3) is 0 Å². The van der Waals surface area contributed by atoms with E-state index in [4.69, 9.17) is 5.14 Å². The van der Waals surface area contributed by atoms with Crippen molar-refractivity contribution in [1.82, 2.24) is 4.98 Å². The third-order valence-electron chi connectivity index (χ3n) is 1.81. The molecule has 0 fully saturated rings. The van der Waals surface area contributed by atoms with Crippen LogP contribution in [0.1, 0.15) is 5.69 Å². The molecule has 0 aliphatic carbocycles. The number of aryl methyl sites for hydroxylation is 1. The highest BCUT2D eigenvalue weighted by atomic mass is 32.2. The molecule has 0 saturated heterocycles. The molecular weight excluding hydrogens is 277 g/mol. The van der Waals surface area contributed by atoms with E-state index in [-0.39, 0.29) is 11.4 Å². The standard InChI is InChI=1S/C8H9F3N2O4S/c1-4-7(18(12,14)15)5(16-2)3-6(13-4)17-8(9,10)11/h3H,1-2H3,(H2,12,14,15). The van der Waals surface area contributed by atoms with Crippen LogP contribution in [-0.2, 0) is 10.0 Å². The van der Waals surface area contributed by atoms with Crippen LogP contribution < -0.4 is 14.6 Å². The number of sulfonamides is 1. The van der Waals surface area contributed by atoms with Gasteiger partial charge in [-0.1, -0.05) is 0 Å². The minimum atomic E-state index is -4.94. The van der Waals surface area contributed by atoms with Crippen molar-refractivity contribution < 1.29 is 31.1 Å². The zero-order valence-corrected chi connectivity index (χ0v) is 10.1. The molecule has 1 aromatic rings. The molecular formula is C8H9F3N2O4S. The number of aromatic nitrogens is 1. The summed E-state index contributed by atoms with van der Waals surface area (Å²) in [5.74, 6) is -1.20. The van der Waals surface area contributed by atoms with Gasteiger partial charge in [0.05, 0.1) is 12.8 Å². The maximum Gasteiger partial charge on any atom is 0.574 e. The van der Waals surface area contributed by atoms with E-state index >= 15 is 0 Å². The Labute approximate surface area is 101 Å². The Hall–Kier alpha value is -1.55. The quantitative estimate of drug-likeness (QED) is 0.893. The lowest BCUT2D eigenvalue weighted by atomic mass is 10.3. The molecule has 102 valence electrons. The second-order valence-corrected chi connectivity index (χ2v) is 4.67. The highest BCUT2D eigenvalue weighted by molar-refractivity contribution is 7.89. The summed E-state index contributed by atoms with van der Waals surface area (Å²) in [5.41, 5.74) is -0.254. The van der Waals surface area contributed by atoms with Crippen LogP contribution in [0.4, 0.5) is 13.2 Å². The molecule has 0 spiro atoms. The smallest absolute Gasteiger partial charge is 0.495 e. The summed E-state index contributed by atoms with van der Waals surface area (Å²) in [6.07, 6.45) is -4.94. The molecule has 0 saturated carbocycles. The van der Waals surface area contributed by atoms with Gasteiger partial charge < -0.3 is 9.47 Å². The van der Waals surface area contributed by atoms with Crippen LogP contribution in [-0.4, -0.2) is 26.9 Å². The fraction of sp³-hybridized carbons (Fsp3) is 0.375. The Kier molecular flexibility index (Phi) is 3.72. The highest BCUT2D eigenvalue weighted by Crippen LogP contribution is 2.31. The van der Waals surface area contributed by atoms with E-state index < -0.39 is 27.2 Å². The Morgan fingerprint density at radius 3 is 2.33 bits per heavy atom. The van der Waals surface area contributed by atoms with Crippen LogP contribution in [0.2, 0.25) is 0 Å². The van der Waals surface area contributed by atoms with Gasteiger partial charge in [-0.05, 0) is 6.92 Å². The molecule has 0 radical (unpaired) electrons. The van der Waals surface area contributed by atoms with Crippen molar-refractivity contribution in [3.8, 4) is 11.6 Å². The maximum atomic E-state index is 12.0. The summed E-state index contributed by atoms with van der Waals surface area (Å²) in [7, 11) is -3.08. The summed E-state index contributed by atoms with van der Waals surface area (Å²) >= 11 is 0. The van der Waals surface area contributed by atoms with E-state index in [1.54, 1.807) is 0 Å². The van der Waals surface area contributed by atoms with Crippen molar-refractivity contribution in [2.24, 2.45) is 5.14 Å². The molecule has 2 N–H and O–H groups in total. The van der Waals surface area contributed by atoms with Crippen LogP contribution in [0.3, 0.4) is 0 Å². The van der Waals surface area contributed by atoms with Gasteiger partial charge in [0, 0.05) is 6.07 Å². The van der Waals surface area contributed by atoms with Gasteiger partial charge in [-0.3, -0.25) is 0 Å². The molecule has 0 aliphatic rings. The van der Waals surface area contributed by atoms with Crippen molar-refractivity contribution in [3.63, 3.8) is 0 Å². The van der Waals surface area contributed by atoms with E-state index in [2.05, 4.69) is 14.5 Å².